The Morgan fingerprint density at radius 2 is 1.68 bits per heavy atom. The summed E-state index contributed by atoms with van der Waals surface area (Å²) < 4.78 is 28.0. The van der Waals surface area contributed by atoms with Crippen molar-refractivity contribution in [3.8, 4) is 23.0 Å². The number of unbranched alkanes of at least 4 members (excludes halogenated alkanes) is 1. The summed E-state index contributed by atoms with van der Waals surface area (Å²) in [5, 5.41) is 0. The molecule has 164 valence electrons. The molecular weight excluding hydrogens is 396 g/mol. The third kappa shape index (κ3) is 3.82. The Hall–Kier alpha value is -3.15. The fraction of sp³-hybridized carbons (Fsp3) is 0.400. The molecule has 1 fully saturated rings. The molecule has 1 atom stereocenters. The molecule has 2 aromatic rings. The minimum absolute atomic E-state index is 0.0135. The van der Waals surface area contributed by atoms with Crippen LogP contribution in [0.1, 0.15) is 36.5 Å². The van der Waals surface area contributed by atoms with Gasteiger partial charge in [-0.05, 0) is 53.8 Å². The molecule has 6 heteroatoms. The average molecular weight is 424 g/mol. The van der Waals surface area contributed by atoms with Gasteiger partial charge in [-0.15, -0.1) is 0 Å². The molecule has 1 heterocycles. The van der Waals surface area contributed by atoms with Gasteiger partial charge in [-0.2, -0.15) is 0 Å². The first kappa shape index (κ1) is 21.1. The molecule has 0 N–H and O–H groups in total. The van der Waals surface area contributed by atoms with Crippen LogP contribution in [0.4, 0.5) is 0 Å². The van der Waals surface area contributed by atoms with Crippen molar-refractivity contribution in [2.24, 2.45) is 5.92 Å². The maximum absolute atomic E-state index is 12.7. The molecule has 1 saturated heterocycles. The maximum Gasteiger partial charge on any atom is 0.335 e. The molecule has 1 aliphatic heterocycles. The van der Waals surface area contributed by atoms with Crippen LogP contribution in [0, 0.1) is 5.92 Å². The SMILES string of the molecule is CCCCOc1ccc(C2=C3C(=O)OCC3Cc3cc(OC)c(OC)cc32)cc1OC. The zero-order valence-electron chi connectivity index (χ0n) is 18.4. The standard InChI is InChI=1S/C25H28O6/c1-5-6-9-30-19-8-7-15(11-20(19)27-2)23-18-13-22(29-4)21(28-3)12-16(18)10-17-14-31-25(26)24(17)23/h7-8,11-13,17H,5-6,9-10,14H2,1-4H3. The largest absolute Gasteiger partial charge is 0.493 e. The number of hydrogen-bond donors (Lipinski definition) is 0. The van der Waals surface area contributed by atoms with Gasteiger partial charge in [-0.25, -0.2) is 4.79 Å². The van der Waals surface area contributed by atoms with Gasteiger partial charge in [0.2, 0.25) is 0 Å². The van der Waals surface area contributed by atoms with Crippen LogP contribution in [-0.4, -0.2) is 40.5 Å². The van der Waals surface area contributed by atoms with E-state index in [0.717, 1.165) is 41.5 Å². The first-order chi connectivity index (χ1) is 15.1. The van der Waals surface area contributed by atoms with Crippen LogP contribution in [0.25, 0.3) is 5.57 Å². The number of hydrogen-bond acceptors (Lipinski definition) is 6. The van der Waals surface area contributed by atoms with Crippen molar-refractivity contribution in [1.82, 2.24) is 0 Å². The maximum atomic E-state index is 12.7. The monoisotopic (exact) mass is 424 g/mol. The number of carbonyl (C=O) groups excluding carboxylic acids is 1. The number of methoxy groups -OCH3 is 3. The predicted molar refractivity (Wildman–Crippen MR) is 117 cm³/mol. The van der Waals surface area contributed by atoms with E-state index in [1.807, 2.05) is 30.3 Å². The van der Waals surface area contributed by atoms with Crippen molar-refractivity contribution in [3.63, 3.8) is 0 Å². The van der Waals surface area contributed by atoms with E-state index in [0.29, 0.717) is 41.8 Å². The molecule has 0 amide bonds. The quantitative estimate of drug-likeness (QED) is 0.462. The Kier molecular flexibility index (Phi) is 6.07. The molecule has 6 nitrogen and oxygen atoms in total. The van der Waals surface area contributed by atoms with Crippen LogP contribution in [0.3, 0.4) is 0 Å². The summed E-state index contributed by atoms with van der Waals surface area (Å²) in [6.45, 7) is 3.15. The van der Waals surface area contributed by atoms with Crippen LogP contribution in [0.15, 0.2) is 35.9 Å². The van der Waals surface area contributed by atoms with Crippen LogP contribution < -0.4 is 18.9 Å². The summed E-state index contributed by atoms with van der Waals surface area (Å²) in [5.74, 6) is 2.38. The molecule has 31 heavy (non-hydrogen) atoms. The molecule has 0 bridgehead atoms. The van der Waals surface area contributed by atoms with E-state index < -0.39 is 0 Å². The summed E-state index contributed by atoms with van der Waals surface area (Å²) >= 11 is 0. The second kappa shape index (κ2) is 8.92. The number of cyclic esters (lactones) is 1. The van der Waals surface area contributed by atoms with Crippen molar-refractivity contribution in [1.29, 1.82) is 0 Å². The lowest BCUT2D eigenvalue weighted by Gasteiger charge is -2.26. The van der Waals surface area contributed by atoms with Gasteiger partial charge >= 0.3 is 5.97 Å². The van der Waals surface area contributed by atoms with E-state index in [9.17, 15) is 4.79 Å². The molecule has 4 rings (SSSR count). The van der Waals surface area contributed by atoms with E-state index in [1.165, 1.54) is 0 Å². The van der Waals surface area contributed by atoms with Gasteiger partial charge in [0, 0.05) is 11.5 Å². The lowest BCUT2D eigenvalue weighted by atomic mass is 9.77. The van der Waals surface area contributed by atoms with Gasteiger partial charge in [0.05, 0.1) is 40.1 Å². The van der Waals surface area contributed by atoms with Gasteiger partial charge in [0.1, 0.15) is 0 Å². The lowest BCUT2D eigenvalue weighted by Crippen LogP contribution is -2.17. The number of carbonyl (C=O) groups is 1. The molecule has 0 aromatic heterocycles. The smallest absolute Gasteiger partial charge is 0.335 e. The Balaban J connectivity index is 1.86. The molecule has 2 aliphatic rings. The molecule has 2 aromatic carbocycles. The Morgan fingerprint density at radius 3 is 2.39 bits per heavy atom. The first-order valence-corrected chi connectivity index (χ1v) is 10.6. The molecule has 0 radical (unpaired) electrons. The zero-order chi connectivity index (χ0) is 22.0. The third-order valence-electron chi connectivity index (χ3n) is 5.87. The number of rotatable bonds is 8. The molecule has 1 aliphatic carbocycles. The van der Waals surface area contributed by atoms with Crippen molar-refractivity contribution >= 4 is 11.5 Å². The second-order valence-electron chi connectivity index (χ2n) is 7.72. The fourth-order valence-electron chi connectivity index (χ4n) is 4.28. The highest BCUT2D eigenvalue weighted by Crippen LogP contribution is 2.46. The Labute approximate surface area is 182 Å². The van der Waals surface area contributed by atoms with Gasteiger partial charge in [-0.1, -0.05) is 19.4 Å². The summed E-state index contributed by atoms with van der Waals surface area (Å²) in [4.78, 5) is 12.7. The topological polar surface area (TPSA) is 63.2 Å². The van der Waals surface area contributed by atoms with E-state index in [-0.39, 0.29) is 11.9 Å². The average Bonchev–Trinajstić information content (AvgIpc) is 3.17. The Morgan fingerprint density at radius 1 is 0.968 bits per heavy atom. The van der Waals surface area contributed by atoms with Gasteiger partial charge in [0.15, 0.2) is 23.0 Å². The summed E-state index contributed by atoms with van der Waals surface area (Å²) in [6, 6.07) is 9.74. The number of esters is 1. The van der Waals surface area contributed by atoms with Crippen LogP contribution in [0.2, 0.25) is 0 Å². The lowest BCUT2D eigenvalue weighted by molar-refractivity contribution is -0.135. The van der Waals surface area contributed by atoms with E-state index >= 15 is 0 Å². The van der Waals surface area contributed by atoms with Crippen molar-refractivity contribution in [3.05, 3.63) is 52.6 Å². The fourth-order valence-corrected chi connectivity index (χ4v) is 4.28. The van der Waals surface area contributed by atoms with Crippen molar-refractivity contribution < 1.29 is 28.5 Å². The van der Waals surface area contributed by atoms with Gasteiger partial charge in [0.25, 0.3) is 0 Å². The minimum atomic E-state index is -0.261. The van der Waals surface area contributed by atoms with Gasteiger partial charge < -0.3 is 23.7 Å². The Bertz CT molecular complexity index is 1020. The van der Waals surface area contributed by atoms with Crippen molar-refractivity contribution in [2.45, 2.75) is 26.2 Å². The minimum Gasteiger partial charge on any atom is -0.493 e. The van der Waals surface area contributed by atoms with Gasteiger partial charge in [-0.3, -0.25) is 0 Å². The summed E-state index contributed by atoms with van der Waals surface area (Å²) in [7, 11) is 4.86. The number of benzene rings is 2. The van der Waals surface area contributed by atoms with E-state index in [4.69, 9.17) is 23.7 Å². The predicted octanol–water partition coefficient (Wildman–Crippen LogP) is 4.42. The third-order valence-corrected chi connectivity index (χ3v) is 5.87. The highest BCUT2D eigenvalue weighted by atomic mass is 16.5. The van der Waals surface area contributed by atoms with Crippen LogP contribution in [0.5, 0.6) is 23.0 Å². The molecule has 0 spiro atoms. The first-order valence-electron chi connectivity index (χ1n) is 10.6. The highest BCUT2D eigenvalue weighted by Gasteiger charge is 2.39. The molecule has 0 saturated carbocycles. The molecule has 1 unspecified atom stereocenters. The summed E-state index contributed by atoms with van der Waals surface area (Å²) in [5.41, 5.74) is 4.49. The van der Waals surface area contributed by atoms with Crippen molar-refractivity contribution in [2.75, 3.05) is 34.5 Å². The van der Waals surface area contributed by atoms with Crippen LogP contribution in [-0.2, 0) is 16.0 Å². The highest BCUT2D eigenvalue weighted by molar-refractivity contribution is 6.05. The number of fused-ring (bicyclic) bond motifs is 2. The normalized spacial score (nSPS) is 17.0. The molecular formula is C25H28O6. The van der Waals surface area contributed by atoms with Crippen LogP contribution >= 0.6 is 0 Å². The second-order valence-corrected chi connectivity index (χ2v) is 7.72. The van der Waals surface area contributed by atoms with E-state index in [2.05, 4.69) is 6.92 Å². The zero-order valence-corrected chi connectivity index (χ0v) is 18.4. The van der Waals surface area contributed by atoms with E-state index in [1.54, 1.807) is 21.3 Å². The summed E-state index contributed by atoms with van der Waals surface area (Å²) in [6.07, 6.45) is 2.75. The number of ether oxygens (including phenoxy) is 5.